The Bertz CT molecular complexity index is 989. The fraction of sp³-hybridized carbons (Fsp3) is 0.704. The molecule has 8 N–H and O–H groups in total. The molecule has 0 aromatic carbocycles. The summed E-state index contributed by atoms with van der Waals surface area (Å²) in [6, 6.07) is 0. The summed E-state index contributed by atoms with van der Waals surface area (Å²) in [5.74, 6) is -7.12. The summed E-state index contributed by atoms with van der Waals surface area (Å²) in [5, 5.41) is 64.0. The molecule has 42 heavy (non-hydrogen) atoms. The van der Waals surface area contributed by atoms with Crippen LogP contribution < -0.4 is 15.3 Å². The third-order valence-electron chi connectivity index (χ3n) is 7.83. The summed E-state index contributed by atoms with van der Waals surface area (Å²) >= 11 is 0. The van der Waals surface area contributed by atoms with E-state index in [0.29, 0.717) is 26.1 Å². The van der Waals surface area contributed by atoms with Crippen LogP contribution in [0.1, 0.15) is 6.42 Å². The molecule has 0 saturated carbocycles. The maximum absolute atomic E-state index is 12.7. The third-order valence-corrected chi connectivity index (χ3v) is 7.83. The molecule has 2 saturated heterocycles. The summed E-state index contributed by atoms with van der Waals surface area (Å²) in [5.41, 5.74) is 0.130. The largest absolute Gasteiger partial charge is 0.550 e. The molecule has 3 aliphatic rings. The Balaban J connectivity index is 1.90. The van der Waals surface area contributed by atoms with E-state index in [1.807, 2.05) is 0 Å². The van der Waals surface area contributed by atoms with Crippen molar-refractivity contribution >= 4 is 11.9 Å². The van der Waals surface area contributed by atoms with E-state index in [-0.39, 0.29) is 24.8 Å². The summed E-state index contributed by atoms with van der Waals surface area (Å²) in [6.45, 7) is 4.23. The number of rotatable bonds is 13. The van der Waals surface area contributed by atoms with Crippen molar-refractivity contribution in [1.82, 2.24) is 0 Å². The second-order valence-corrected chi connectivity index (χ2v) is 10.7. The molecule has 10 atom stereocenters. The van der Waals surface area contributed by atoms with Gasteiger partial charge in [0.1, 0.15) is 18.8 Å². The molecule has 2 fully saturated rings. The van der Waals surface area contributed by atoms with Crippen molar-refractivity contribution in [2.75, 3.05) is 53.7 Å². The van der Waals surface area contributed by atoms with E-state index in [2.05, 4.69) is 6.58 Å². The first-order chi connectivity index (χ1) is 20.0. The van der Waals surface area contributed by atoms with Crippen LogP contribution in [0.5, 0.6) is 0 Å². The average molecular weight is 604 g/mol. The Morgan fingerprint density at radius 2 is 2.00 bits per heavy atom. The molecular weight excluding hydrogens is 560 g/mol. The lowest BCUT2D eigenvalue weighted by Crippen LogP contribution is -3.15. The molecule has 15 heteroatoms. The lowest BCUT2D eigenvalue weighted by Gasteiger charge is -2.47. The summed E-state index contributed by atoms with van der Waals surface area (Å²) in [7, 11) is 2.88. The number of hydrogen-bond acceptors (Lipinski definition) is 13. The second kappa shape index (κ2) is 15.3. The minimum Gasteiger partial charge on any atom is -0.550 e. The van der Waals surface area contributed by atoms with Crippen molar-refractivity contribution in [2.45, 2.75) is 43.1 Å². The van der Waals surface area contributed by atoms with Crippen LogP contribution in [-0.4, -0.2) is 128 Å². The quantitative estimate of drug-likeness (QED) is 0.0592. The monoisotopic (exact) mass is 603 g/mol. The Kier molecular flexibility index (Phi) is 12.4. The van der Waals surface area contributed by atoms with Crippen molar-refractivity contribution in [3.63, 3.8) is 0 Å². The zero-order chi connectivity index (χ0) is 31.0. The number of ether oxygens (including phenoxy) is 5. The first-order valence-corrected chi connectivity index (χ1v) is 13.9. The molecule has 3 rings (SSSR count). The zero-order valence-corrected chi connectivity index (χ0v) is 23.7. The minimum absolute atomic E-state index is 0.0506. The lowest BCUT2D eigenvalue weighted by atomic mass is 9.81. The third kappa shape index (κ3) is 7.74. The zero-order valence-electron chi connectivity index (χ0n) is 23.7. The number of likely N-dealkylation sites (tertiary alicyclic amines) is 1. The van der Waals surface area contributed by atoms with E-state index in [1.54, 1.807) is 24.5 Å². The van der Waals surface area contributed by atoms with Crippen molar-refractivity contribution in [3.05, 3.63) is 36.6 Å². The number of aliphatic hydroxyl groups excluding tert-OH is 3. The topological polar surface area (TPSA) is 226 Å². The molecule has 3 heterocycles. The lowest BCUT2D eigenvalue weighted by molar-refractivity contribution is -0.911. The van der Waals surface area contributed by atoms with Gasteiger partial charge in [0.25, 0.3) is 0 Å². The highest BCUT2D eigenvalue weighted by molar-refractivity contribution is 5.89. The standard InChI is InChI=1S/C27H42N2O13/c1-4-17-18(6-5-15-9-16(23(33)34)11-29(10-15)7-8-30)19(24(35)38-3)13-39-25(17)42-26-22(40-14-28-2)27(36,37)21(32)20(12-31)41-26/h4-6,13,15-18,20-22,25-26,28,30-32,36-37H,1,7-12,14H2,2-3H3,(H,33,34)/p+1. The molecule has 10 unspecified atom stereocenters. The molecular formula is C27H43N2O13+. The number of aliphatic carboxylic acids is 1. The minimum atomic E-state index is -2.86. The van der Waals surface area contributed by atoms with Gasteiger partial charge in [-0.2, -0.15) is 0 Å². The summed E-state index contributed by atoms with van der Waals surface area (Å²) < 4.78 is 27.8. The van der Waals surface area contributed by atoms with Crippen LogP contribution >= 0.6 is 0 Å². The molecule has 238 valence electrons. The van der Waals surface area contributed by atoms with Crippen LogP contribution in [0, 0.1) is 23.7 Å². The first-order valence-electron chi connectivity index (χ1n) is 13.9. The van der Waals surface area contributed by atoms with Gasteiger partial charge in [0, 0.05) is 17.8 Å². The molecule has 0 spiro atoms. The number of hydrogen-bond donors (Lipinski definition) is 7. The van der Waals surface area contributed by atoms with Gasteiger partial charge in [-0.15, -0.1) is 6.58 Å². The van der Waals surface area contributed by atoms with Crippen molar-refractivity contribution < 1.29 is 74.1 Å². The highest BCUT2D eigenvalue weighted by Gasteiger charge is 2.57. The number of carboxylic acids is 1. The van der Waals surface area contributed by atoms with Crippen LogP contribution in [-0.2, 0) is 33.3 Å². The van der Waals surface area contributed by atoms with Crippen LogP contribution in [0.15, 0.2) is 36.6 Å². The number of quaternary nitrogens is 2. The number of nitrogens with two attached hydrogens (primary N) is 1. The smallest absolute Gasteiger partial charge is 0.337 e. The van der Waals surface area contributed by atoms with Gasteiger partial charge in [0.05, 0.1) is 64.2 Å². The van der Waals surface area contributed by atoms with E-state index < -0.39 is 73.0 Å². The second-order valence-electron chi connectivity index (χ2n) is 10.7. The number of carbonyl (C=O) groups excluding carboxylic acids is 2. The first kappa shape index (κ1) is 34.1. The number of carbonyl (C=O) groups is 2. The Morgan fingerprint density at radius 3 is 2.60 bits per heavy atom. The Morgan fingerprint density at radius 1 is 1.26 bits per heavy atom. The summed E-state index contributed by atoms with van der Waals surface area (Å²) in [6.07, 6.45) is -1.24. The van der Waals surface area contributed by atoms with Gasteiger partial charge in [0.15, 0.2) is 19.1 Å². The molecule has 0 amide bonds. The molecule has 0 aliphatic carbocycles. The molecule has 0 bridgehead atoms. The number of carboxylic acid groups (broad SMARTS) is 1. The molecule has 15 nitrogen and oxygen atoms in total. The molecule has 0 aromatic heterocycles. The van der Waals surface area contributed by atoms with E-state index in [0.717, 1.165) is 11.2 Å². The number of piperidine rings is 1. The van der Waals surface area contributed by atoms with Gasteiger partial charge in [-0.25, -0.2) is 4.79 Å². The van der Waals surface area contributed by atoms with Crippen molar-refractivity contribution in [3.8, 4) is 0 Å². The van der Waals surface area contributed by atoms with E-state index in [4.69, 9.17) is 23.7 Å². The molecule has 3 aliphatic heterocycles. The van der Waals surface area contributed by atoms with Crippen molar-refractivity contribution in [2.24, 2.45) is 23.7 Å². The number of methoxy groups -OCH3 is 1. The highest BCUT2D eigenvalue weighted by atomic mass is 16.8. The Labute approximate surface area is 243 Å². The number of aliphatic hydroxyl groups is 5. The fourth-order valence-corrected chi connectivity index (χ4v) is 5.64. The van der Waals surface area contributed by atoms with Crippen molar-refractivity contribution in [1.29, 1.82) is 0 Å². The normalized spacial score (nSPS) is 36.6. The van der Waals surface area contributed by atoms with Gasteiger partial charge in [0.2, 0.25) is 12.1 Å². The fourth-order valence-electron chi connectivity index (χ4n) is 5.64. The van der Waals surface area contributed by atoms with Gasteiger partial charge in [-0.05, 0) is 6.42 Å². The molecule has 0 aromatic rings. The maximum Gasteiger partial charge on any atom is 0.337 e. The van der Waals surface area contributed by atoms with E-state index >= 15 is 0 Å². The number of esters is 1. The van der Waals surface area contributed by atoms with Crippen LogP contribution in [0.25, 0.3) is 0 Å². The number of allylic oxidation sites excluding steroid dienone is 1. The SMILES string of the molecule is C=CC1C(OC2OC(CO)C(O)C(O)(O)C2OC[NH2+]C)OC=C(C(=O)OC)C1C=CC1CC(C(=O)[O-])C[NH+](CCO)C1. The number of nitrogens with one attached hydrogen (secondary N) is 1. The van der Waals surface area contributed by atoms with Crippen LogP contribution in [0.3, 0.4) is 0 Å². The predicted octanol–water partition coefficient (Wildman–Crippen LogP) is -6.05. The van der Waals surface area contributed by atoms with Crippen LogP contribution in [0.2, 0.25) is 0 Å². The van der Waals surface area contributed by atoms with Gasteiger partial charge < -0.3 is 69.3 Å². The summed E-state index contributed by atoms with van der Waals surface area (Å²) in [4.78, 5) is 25.2. The Hall–Kier alpha value is -2.44. The van der Waals surface area contributed by atoms with E-state index in [1.165, 1.54) is 13.2 Å². The highest BCUT2D eigenvalue weighted by Crippen LogP contribution is 2.38. The average Bonchev–Trinajstić information content (AvgIpc) is 2.97. The molecule has 0 radical (unpaired) electrons. The van der Waals surface area contributed by atoms with Crippen LogP contribution in [0.4, 0.5) is 0 Å². The maximum atomic E-state index is 12.7. The van der Waals surface area contributed by atoms with E-state index in [9.17, 15) is 40.2 Å². The van der Waals surface area contributed by atoms with Gasteiger partial charge in [-0.3, -0.25) is 0 Å². The predicted molar refractivity (Wildman–Crippen MR) is 138 cm³/mol. The van der Waals surface area contributed by atoms with Gasteiger partial charge >= 0.3 is 5.97 Å². The van der Waals surface area contributed by atoms with Gasteiger partial charge in [-0.1, -0.05) is 18.2 Å².